The zero-order chi connectivity index (χ0) is 26.0. The number of benzene rings is 3. The van der Waals surface area contributed by atoms with Gasteiger partial charge in [-0.3, -0.25) is 0 Å². The number of hydrogen-bond donors (Lipinski definition) is 0. The molecular weight excluding hydrogens is 460 g/mol. The van der Waals surface area contributed by atoms with Crippen molar-refractivity contribution in [2.45, 2.75) is 89.9 Å². The number of unbranched alkanes of at least 4 members (excludes halogenated alkanes) is 3. The maximum atomic E-state index is 2.67. The highest BCUT2D eigenvalue weighted by atomic mass is 28.3. The molecule has 0 radical (unpaired) electrons. The highest BCUT2D eigenvalue weighted by Crippen LogP contribution is 2.54. The number of aryl methyl sites for hydroxylation is 1. The van der Waals surface area contributed by atoms with Crippen molar-refractivity contribution in [2.75, 3.05) is 0 Å². The molecule has 2 aliphatic carbocycles. The van der Waals surface area contributed by atoms with Gasteiger partial charge in [-0.15, -0.1) is 0 Å². The molecule has 0 bridgehead atoms. The second kappa shape index (κ2) is 11.0. The van der Waals surface area contributed by atoms with E-state index >= 15 is 0 Å². The Kier molecular flexibility index (Phi) is 7.72. The third-order valence-corrected chi connectivity index (χ3v) is 13.2. The molecule has 0 saturated carbocycles. The molecule has 2 atom stereocenters. The lowest BCUT2D eigenvalue weighted by Crippen LogP contribution is -2.41. The number of rotatable bonds is 10. The van der Waals surface area contributed by atoms with Crippen LogP contribution in [0.25, 0.3) is 22.8 Å². The Morgan fingerprint density at radius 1 is 0.730 bits per heavy atom. The van der Waals surface area contributed by atoms with Crippen LogP contribution >= 0.6 is 0 Å². The van der Waals surface area contributed by atoms with E-state index in [1.165, 1.54) is 78.3 Å². The minimum atomic E-state index is -1.84. The zero-order valence-corrected chi connectivity index (χ0v) is 24.6. The second-order valence-electron chi connectivity index (χ2n) is 12.0. The van der Waals surface area contributed by atoms with Gasteiger partial charge in [0.1, 0.15) is 0 Å². The van der Waals surface area contributed by atoms with E-state index in [1.807, 2.05) is 0 Å². The molecule has 0 heterocycles. The third-order valence-electron chi connectivity index (χ3n) is 8.98. The smallest absolute Gasteiger partial charge is 0.0719 e. The SMILES string of the molecule is CCCCCC1=Cc2cccc(-c3ccc(CCCC)cc3)c2C1[Si](C)(C)C1C=C(C)c2ccccc21. The largest absolute Gasteiger partial charge is 0.0761 e. The summed E-state index contributed by atoms with van der Waals surface area (Å²) in [7, 11) is -1.84. The Labute approximate surface area is 226 Å². The predicted molar refractivity (Wildman–Crippen MR) is 166 cm³/mol. The van der Waals surface area contributed by atoms with E-state index in [4.69, 9.17) is 0 Å². The Morgan fingerprint density at radius 2 is 1.46 bits per heavy atom. The van der Waals surface area contributed by atoms with Crippen LogP contribution in [0.5, 0.6) is 0 Å². The quantitative estimate of drug-likeness (QED) is 0.190. The molecule has 0 fully saturated rings. The molecule has 192 valence electrons. The molecule has 0 aliphatic heterocycles. The molecule has 0 N–H and O–H groups in total. The van der Waals surface area contributed by atoms with Gasteiger partial charge in [-0.25, -0.2) is 0 Å². The first-order valence-corrected chi connectivity index (χ1v) is 17.8. The average Bonchev–Trinajstić information content (AvgIpc) is 3.46. The van der Waals surface area contributed by atoms with Gasteiger partial charge in [-0.05, 0) is 82.7 Å². The molecule has 2 unspecified atom stereocenters. The first-order valence-electron chi connectivity index (χ1n) is 14.7. The maximum Gasteiger partial charge on any atom is 0.0719 e. The van der Waals surface area contributed by atoms with E-state index < -0.39 is 8.07 Å². The fourth-order valence-corrected chi connectivity index (χ4v) is 11.3. The highest BCUT2D eigenvalue weighted by molar-refractivity contribution is 6.81. The normalized spacial score (nSPS) is 18.4. The van der Waals surface area contributed by atoms with Crippen LogP contribution in [-0.4, -0.2) is 8.07 Å². The van der Waals surface area contributed by atoms with Crippen molar-refractivity contribution < 1.29 is 0 Å². The second-order valence-corrected chi connectivity index (χ2v) is 16.8. The summed E-state index contributed by atoms with van der Waals surface area (Å²) >= 11 is 0. The van der Waals surface area contributed by atoms with Gasteiger partial charge in [0.15, 0.2) is 0 Å². The van der Waals surface area contributed by atoms with Crippen molar-refractivity contribution in [1.29, 1.82) is 0 Å². The van der Waals surface area contributed by atoms with Crippen LogP contribution in [0.4, 0.5) is 0 Å². The van der Waals surface area contributed by atoms with Gasteiger partial charge in [0, 0.05) is 5.54 Å². The predicted octanol–water partition coefficient (Wildman–Crippen LogP) is 10.7. The minimum Gasteiger partial charge on any atom is -0.0761 e. The van der Waals surface area contributed by atoms with Crippen molar-refractivity contribution in [2.24, 2.45) is 0 Å². The van der Waals surface area contributed by atoms with Crippen molar-refractivity contribution in [3.8, 4) is 11.1 Å². The van der Waals surface area contributed by atoms with Gasteiger partial charge in [-0.1, -0.05) is 131 Å². The van der Waals surface area contributed by atoms with E-state index in [1.54, 1.807) is 16.7 Å². The maximum absolute atomic E-state index is 2.67. The Bertz CT molecular complexity index is 1300. The zero-order valence-electron chi connectivity index (χ0n) is 23.6. The van der Waals surface area contributed by atoms with Crippen molar-refractivity contribution in [1.82, 2.24) is 0 Å². The van der Waals surface area contributed by atoms with Crippen LogP contribution in [-0.2, 0) is 6.42 Å². The number of fused-ring (bicyclic) bond motifs is 2. The first kappa shape index (κ1) is 26.0. The number of allylic oxidation sites excluding steroid dienone is 3. The summed E-state index contributed by atoms with van der Waals surface area (Å²) in [6, 6.07) is 25.7. The fourth-order valence-electron chi connectivity index (χ4n) is 6.98. The Morgan fingerprint density at radius 3 is 2.22 bits per heavy atom. The lowest BCUT2D eigenvalue weighted by atomic mass is 9.94. The van der Waals surface area contributed by atoms with E-state index in [0.717, 1.165) is 0 Å². The van der Waals surface area contributed by atoms with Gasteiger partial charge in [0.05, 0.1) is 8.07 Å². The van der Waals surface area contributed by atoms with Gasteiger partial charge < -0.3 is 0 Å². The summed E-state index contributed by atoms with van der Waals surface area (Å²) in [5.74, 6) is 0. The third kappa shape index (κ3) is 4.96. The van der Waals surface area contributed by atoms with Crippen molar-refractivity contribution in [3.63, 3.8) is 0 Å². The van der Waals surface area contributed by atoms with E-state index in [2.05, 4.69) is 113 Å². The van der Waals surface area contributed by atoms with Gasteiger partial charge in [-0.2, -0.15) is 0 Å². The van der Waals surface area contributed by atoms with Gasteiger partial charge in [0.25, 0.3) is 0 Å². The van der Waals surface area contributed by atoms with E-state index in [-0.39, 0.29) is 0 Å². The van der Waals surface area contributed by atoms with Crippen molar-refractivity contribution in [3.05, 3.63) is 106 Å². The van der Waals surface area contributed by atoms with Crippen LogP contribution in [0, 0.1) is 0 Å². The highest BCUT2D eigenvalue weighted by Gasteiger charge is 2.46. The molecule has 37 heavy (non-hydrogen) atoms. The summed E-state index contributed by atoms with van der Waals surface area (Å²) in [6.45, 7) is 12.2. The van der Waals surface area contributed by atoms with Crippen LogP contribution < -0.4 is 0 Å². The van der Waals surface area contributed by atoms with E-state index in [9.17, 15) is 0 Å². The Balaban J connectivity index is 1.58. The molecule has 0 saturated heterocycles. The van der Waals surface area contributed by atoms with Crippen LogP contribution in [0.2, 0.25) is 13.1 Å². The Hall–Kier alpha value is -2.64. The summed E-state index contributed by atoms with van der Waals surface area (Å²) in [6.07, 6.45) is 14.0. The summed E-state index contributed by atoms with van der Waals surface area (Å²) in [5, 5.41) is 0. The molecule has 2 aliphatic rings. The summed E-state index contributed by atoms with van der Waals surface area (Å²) < 4.78 is 0. The van der Waals surface area contributed by atoms with Crippen LogP contribution in [0.15, 0.2) is 78.4 Å². The molecule has 0 aromatic heterocycles. The van der Waals surface area contributed by atoms with Crippen molar-refractivity contribution >= 4 is 19.7 Å². The molecule has 3 aromatic carbocycles. The lowest BCUT2D eigenvalue weighted by Gasteiger charge is -2.39. The molecule has 0 nitrogen and oxygen atoms in total. The molecule has 0 spiro atoms. The van der Waals surface area contributed by atoms with Crippen LogP contribution in [0.3, 0.4) is 0 Å². The molecule has 1 heteroatoms. The average molecular weight is 505 g/mol. The molecule has 3 aromatic rings. The lowest BCUT2D eigenvalue weighted by molar-refractivity contribution is 0.703. The van der Waals surface area contributed by atoms with E-state index in [0.29, 0.717) is 11.1 Å². The summed E-state index contributed by atoms with van der Waals surface area (Å²) in [4.78, 5) is 0. The minimum absolute atomic E-state index is 0.551. The van der Waals surface area contributed by atoms with Crippen LogP contribution in [0.1, 0.15) is 98.2 Å². The monoisotopic (exact) mass is 504 g/mol. The first-order chi connectivity index (χ1) is 18.0. The molecule has 0 amide bonds. The fraction of sp³-hybridized carbons (Fsp3) is 0.389. The molecular formula is C36H44Si. The van der Waals surface area contributed by atoms with Gasteiger partial charge >= 0.3 is 0 Å². The topological polar surface area (TPSA) is 0 Å². The summed E-state index contributed by atoms with van der Waals surface area (Å²) in [5.41, 5.74) is 14.7. The number of hydrogen-bond acceptors (Lipinski definition) is 0. The molecule has 5 rings (SSSR count). The van der Waals surface area contributed by atoms with Gasteiger partial charge in [0.2, 0.25) is 0 Å². The standard InChI is InChI=1S/C36H44Si/c1-6-8-10-15-30-25-29-16-13-19-32(28-22-20-27(21-23-28)14-9-7-2)35(29)36(30)37(4,5)34-24-26(3)31-17-11-12-18-33(31)34/h11-13,16-25,34,36H,6-10,14-15H2,1-5H3.